The standard InChI is InChI=1S/C47H54N4O8S/c1-50-18-16-29-23-37(54-3)39-25-32(29)34(50)21-28-12-15-36(58-42(52)9-7-6-8-41-44-33(26-60-41)48-47(53)49-44)38(22-28)57-31-13-10-27(11-14-31)20-35-43-30(17-19-51(35)2)24-40(55-4)45(56-5)46(43)59-39/h10-15,22-25,33-35,41,44H,6-9,16-21,26H2,1-5H3,(H2,48,49,53)/t33-,34+,35-,41-,44-/m0/s1. The van der Waals surface area contributed by atoms with Crippen molar-refractivity contribution in [3.63, 3.8) is 0 Å². The Bertz CT molecular complexity index is 2270. The van der Waals surface area contributed by atoms with Crippen molar-refractivity contribution >= 4 is 23.8 Å². The normalized spacial score (nSPS) is 23.1. The van der Waals surface area contributed by atoms with Crippen molar-refractivity contribution in [2.45, 2.75) is 80.8 Å². The maximum absolute atomic E-state index is 13.3. The molecule has 0 unspecified atom stereocenters. The lowest BCUT2D eigenvalue weighted by molar-refractivity contribution is -0.134. The molecule has 0 spiro atoms. The fourth-order valence-electron chi connectivity index (χ4n) is 9.62. The van der Waals surface area contributed by atoms with Gasteiger partial charge in [0.15, 0.2) is 34.5 Å². The number of hydrogen-bond acceptors (Lipinski definition) is 11. The maximum Gasteiger partial charge on any atom is 0.315 e. The van der Waals surface area contributed by atoms with Crippen molar-refractivity contribution in [2.24, 2.45) is 0 Å². The van der Waals surface area contributed by atoms with Gasteiger partial charge in [0.25, 0.3) is 0 Å². The van der Waals surface area contributed by atoms with Crippen LogP contribution in [0.25, 0.3) is 0 Å². The number of rotatable bonds is 9. The number of ether oxygens (including phenoxy) is 6. The molecule has 4 aromatic carbocycles. The number of nitrogens with one attached hydrogen (secondary N) is 2. The van der Waals surface area contributed by atoms with E-state index in [1.165, 1.54) is 5.56 Å². The van der Waals surface area contributed by atoms with Crippen molar-refractivity contribution in [3.8, 4) is 46.0 Å². The van der Waals surface area contributed by atoms with Crippen molar-refractivity contribution in [1.82, 2.24) is 20.4 Å². The molecule has 2 N–H and O–H groups in total. The highest BCUT2D eigenvalue weighted by atomic mass is 32.2. The SMILES string of the molecule is COc1cc2c3cc1Oc1c(OC)c(OC)cc4c1[C@H](Cc1ccc(cc1)Oc1cc(ccc1OC(=O)CCCC[C@@H]1SC[C@@H]5NC(=O)N[C@@H]51)C[C@H]3N(C)CC2)N(C)CC4. The summed E-state index contributed by atoms with van der Waals surface area (Å²) in [5.41, 5.74) is 6.79. The molecule has 2 fully saturated rings. The summed E-state index contributed by atoms with van der Waals surface area (Å²) in [6, 6.07) is 20.7. The van der Waals surface area contributed by atoms with E-state index in [1.807, 2.05) is 42.1 Å². The van der Waals surface area contributed by atoms with Crippen LogP contribution in [0.1, 0.15) is 71.1 Å². The Kier molecular flexibility index (Phi) is 11.5. The molecule has 6 bridgehead atoms. The quantitative estimate of drug-likeness (QED) is 0.0745. The highest BCUT2D eigenvalue weighted by Crippen LogP contribution is 2.52. The third kappa shape index (κ3) is 7.94. The number of esters is 1. The molecule has 6 heterocycles. The van der Waals surface area contributed by atoms with Crippen molar-refractivity contribution in [1.29, 1.82) is 0 Å². The monoisotopic (exact) mass is 834 g/mol. The van der Waals surface area contributed by atoms with Gasteiger partial charge in [-0.2, -0.15) is 11.8 Å². The van der Waals surface area contributed by atoms with Crippen molar-refractivity contribution in [3.05, 3.63) is 94.0 Å². The molecule has 6 aliphatic heterocycles. The molecule has 0 aromatic heterocycles. The number of methoxy groups -OCH3 is 3. The lowest BCUT2D eigenvalue weighted by Crippen LogP contribution is -2.36. The molecule has 0 radical (unpaired) electrons. The minimum Gasteiger partial charge on any atom is -0.493 e. The van der Waals surface area contributed by atoms with E-state index in [-0.39, 0.29) is 36.2 Å². The molecule has 0 aliphatic carbocycles. The van der Waals surface area contributed by atoms with E-state index >= 15 is 0 Å². The fraction of sp³-hybridized carbons (Fsp3) is 0.447. The first kappa shape index (κ1) is 40.3. The van der Waals surface area contributed by atoms with E-state index < -0.39 is 0 Å². The van der Waals surface area contributed by atoms with Gasteiger partial charge in [0.05, 0.1) is 33.4 Å². The molecule has 4 aromatic rings. The first-order valence-electron chi connectivity index (χ1n) is 21.1. The van der Waals surface area contributed by atoms with Crippen LogP contribution in [0.5, 0.6) is 46.0 Å². The first-order chi connectivity index (χ1) is 29.2. The molecule has 60 heavy (non-hydrogen) atoms. The summed E-state index contributed by atoms with van der Waals surface area (Å²) in [5, 5.41) is 6.41. The second-order valence-corrected chi connectivity index (χ2v) is 17.9. The van der Waals surface area contributed by atoms with E-state index in [9.17, 15) is 9.59 Å². The zero-order valence-corrected chi connectivity index (χ0v) is 35.8. The van der Waals surface area contributed by atoms with Gasteiger partial charge >= 0.3 is 12.0 Å². The average Bonchev–Trinajstić information content (AvgIpc) is 3.81. The van der Waals surface area contributed by atoms with Crippen LogP contribution < -0.4 is 39.1 Å². The molecule has 0 saturated carbocycles. The van der Waals surface area contributed by atoms with Gasteiger partial charge in [-0.3, -0.25) is 14.6 Å². The zero-order valence-electron chi connectivity index (χ0n) is 35.0. The summed E-state index contributed by atoms with van der Waals surface area (Å²) >= 11 is 1.89. The number of nitrogens with zero attached hydrogens (tertiary/aromatic N) is 2. The molecule has 2 amide bonds. The van der Waals surface area contributed by atoms with Gasteiger partial charge in [-0.15, -0.1) is 0 Å². The third-order valence-corrected chi connectivity index (χ3v) is 14.4. The minimum absolute atomic E-state index is 0.0167. The van der Waals surface area contributed by atoms with Crippen LogP contribution in [0.2, 0.25) is 0 Å². The minimum atomic E-state index is -0.293. The predicted octanol–water partition coefficient (Wildman–Crippen LogP) is 7.79. The molecule has 10 rings (SSSR count). The Labute approximate surface area is 356 Å². The lowest BCUT2D eigenvalue weighted by atomic mass is 9.87. The summed E-state index contributed by atoms with van der Waals surface area (Å²) < 4.78 is 37.7. The van der Waals surface area contributed by atoms with E-state index in [0.29, 0.717) is 76.9 Å². The number of benzene rings is 4. The number of carbonyl (C=O) groups is 2. The average molecular weight is 835 g/mol. The summed E-state index contributed by atoms with van der Waals surface area (Å²) in [5.74, 6) is 5.27. The number of fused-ring (bicyclic) bond motifs is 3. The lowest BCUT2D eigenvalue weighted by Gasteiger charge is -2.37. The first-order valence-corrected chi connectivity index (χ1v) is 22.1. The van der Waals surface area contributed by atoms with Crippen LogP contribution in [0.4, 0.5) is 4.79 Å². The Morgan fingerprint density at radius 1 is 0.783 bits per heavy atom. The Morgan fingerprint density at radius 2 is 1.50 bits per heavy atom. The maximum atomic E-state index is 13.3. The van der Waals surface area contributed by atoms with Gasteiger partial charge in [-0.25, -0.2) is 4.79 Å². The number of urea groups is 1. The smallest absolute Gasteiger partial charge is 0.315 e. The molecular weight excluding hydrogens is 781 g/mol. The Morgan fingerprint density at radius 3 is 2.28 bits per heavy atom. The van der Waals surface area contributed by atoms with E-state index in [1.54, 1.807) is 21.3 Å². The van der Waals surface area contributed by atoms with Crippen LogP contribution in [0.15, 0.2) is 60.7 Å². The third-order valence-electron chi connectivity index (χ3n) is 12.9. The molecule has 13 heteroatoms. The summed E-state index contributed by atoms with van der Waals surface area (Å²) in [7, 11) is 9.33. The summed E-state index contributed by atoms with van der Waals surface area (Å²) in [6.07, 6.45) is 5.92. The molecule has 2 saturated heterocycles. The van der Waals surface area contributed by atoms with Gasteiger partial charge in [0.2, 0.25) is 5.75 Å². The second kappa shape index (κ2) is 17.1. The molecule has 316 valence electrons. The van der Waals surface area contributed by atoms with Gasteiger partial charge in [-0.05, 0) is 123 Å². The van der Waals surface area contributed by atoms with E-state index in [2.05, 4.69) is 64.9 Å². The van der Waals surface area contributed by atoms with Crippen LogP contribution >= 0.6 is 11.8 Å². The number of hydrogen-bond donors (Lipinski definition) is 2. The summed E-state index contributed by atoms with van der Waals surface area (Å²) in [4.78, 5) is 29.9. The highest BCUT2D eigenvalue weighted by molar-refractivity contribution is 8.00. The second-order valence-electron chi connectivity index (χ2n) is 16.6. The summed E-state index contributed by atoms with van der Waals surface area (Å²) in [6.45, 7) is 1.75. The highest BCUT2D eigenvalue weighted by Gasteiger charge is 2.42. The number of unbranched alkanes of at least 4 members (excludes halogenated alkanes) is 1. The number of thioether (sulfide) groups is 1. The number of carbonyl (C=O) groups excluding carboxylic acids is 2. The molecule has 6 aliphatic rings. The number of likely N-dealkylation sites (N-methyl/N-ethyl adjacent to an activating group) is 2. The van der Waals surface area contributed by atoms with E-state index in [0.717, 1.165) is 72.3 Å². The van der Waals surface area contributed by atoms with E-state index in [4.69, 9.17) is 28.4 Å². The van der Waals surface area contributed by atoms with Crippen LogP contribution in [0, 0.1) is 0 Å². The van der Waals surface area contributed by atoms with Crippen LogP contribution in [-0.2, 0) is 30.5 Å². The van der Waals surface area contributed by atoms with Gasteiger partial charge in [-0.1, -0.05) is 24.6 Å². The van der Waals surface area contributed by atoms with Crippen molar-refractivity contribution < 1.29 is 38.0 Å². The number of amides is 2. The zero-order chi connectivity index (χ0) is 41.5. The van der Waals surface area contributed by atoms with Crippen LogP contribution in [0.3, 0.4) is 0 Å². The van der Waals surface area contributed by atoms with Gasteiger partial charge in [0.1, 0.15) is 5.75 Å². The van der Waals surface area contributed by atoms with Crippen molar-refractivity contribution in [2.75, 3.05) is 54.3 Å². The Hall–Kier alpha value is -5.11. The fourth-order valence-corrected chi connectivity index (χ4v) is 11.2. The van der Waals surface area contributed by atoms with Crippen LogP contribution in [-0.4, -0.2) is 93.4 Å². The van der Waals surface area contributed by atoms with Gasteiger partial charge < -0.3 is 39.1 Å². The largest absolute Gasteiger partial charge is 0.493 e. The molecular formula is C47H54N4O8S. The molecule has 12 nitrogen and oxygen atoms in total. The van der Waals surface area contributed by atoms with Gasteiger partial charge in [0, 0.05) is 48.2 Å². The Balaban J connectivity index is 1.04. The topological polar surface area (TPSA) is 120 Å². The predicted molar refractivity (Wildman–Crippen MR) is 231 cm³/mol. The molecule has 5 atom stereocenters.